The van der Waals surface area contributed by atoms with Gasteiger partial charge in [0.25, 0.3) is 5.91 Å². The molecular formula is C17H27ClN4O. The molecule has 6 heteroatoms. The van der Waals surface area contributed by atoms with E-state index in [2.05, 4.69) is 15.3 Å². The van der Waals surface area contributed by atoms with Crippen LogP contribution in [0.1, 0.15) is 61.5 Å². The number of halogens is 1. The molecule has 1 amide bonds. The van der Waals surface area contributed by atoms with Crippen molar-refractivity contribution < 1.29 is 4.79 Å². The number of carbonyl (C=O) groups excluding carboxylic acids is 1. The number of nitrogens with one attached hydrogen (secondary N) is 1. The average Bonchev–Trinajstić information content (AvgIpc) is 3.24. The third-order valence-electron chi connectivity index (χ3n) is 5.73. The van der Waals surface area contributed by atoms with Gasteiger partial charge in [0.05, 0.1) is 6.04 Å². The van der Waals surface area contributed by atoms with E-state index >= 15 is 0 Å². The zero-order valence-electron chi connectivity index (χ0n) is 13.6. The lowest BCUT2D eigenvalue weighted by Gasteiger charge is -2.37. The highest BCUT2D eigenvalue weighted by molar-refractivity contribution is 5.92. The average molecular weight is 339 g/mol. The van der Waals surface area contributed by atoms with Crippen molar-refractivity contribution in [1.82, 2.24) is 20.0 Å². The Kier molecular flexibility index (Phi) is 5.27. The van der Waals surface area contributed by atoms with E-state index in [0.29, 0.717) is 17.8 Å². The zero-order chi connectivity index (χ0) is 14.9. The van der Waals surface area contributed by atoms with Crippen molar-refractivity contribution in [1.29, 1.82) is 0 Å². The van der Waals surface area contributed by atoms with E-state index in [0.717, 1.165) is 38.4 Å². The van der Waals surface area contributed by atoms with Crippen LogP contribution in [0.4, 0.5) is 0 Å². The highest BCUT2D eigenvalue weighted by Gasteiger charge is 2.38. The van der Waals surface area contributed by atoms with Crippen molar-refractivity contribution in [2.24, 2.45) is 5.92 Å². The molecular weight excluding hydrogens is 312 g/mol. The first-order valence-corrected chi connectivity index (χ1v) is 8.90. The second-order valence-electron chi connectivity index (χ2n) is 7.08. The second kappa shape index (κ2) is 7.22. The first kappa shape index (κ1) is 16.8. The maximum Gasteiger partial charge on any atom is 0.274 e. The Morgan fingerprint density at radius 3 is 2.87 bits per heavy atom. The Morgan fingerprint density at radius 1 is 1.17 bits per heavy atom. The van der Waals surface area contributed by atoms with Gasteiger partial charge in [-0.15, -0.1) is 12.4 Å². The molecule has 2 saturated heterocycles. The summed E-state index contributed by atoms with van der Waals surface area (Å²) in [5.41, 5.74) is 0.637. The molecule has 0 bridgehead atoms. The predicted octanol–water partition coefficient (Wildman–Crippen LogP) is 2.63. The van der Waals surface area contributed by atoms with E-state index in [9.17, 15) is 4.79 Å². The third-order valence-corrected chi connectivity index (χ3v) is 5.73. The molecule has 1 saturated carbocycles. The van der Waals surface area contributed by atoms with Crippen molar-refractivity contribution in [2.45, 2.75) is 57.0 Å². The molecule has 23 heavy (non-hydrogen) atoms. The SMILES string of the molecule is Cl.O=C(c1ccn(C2CCCNC2)n1)N1CCCC2CCCC21. The van der Waals surface area contributed by atoms with E-state index in [1.54, 1.807) is 0 Å². The van der Waals surface area contributed by atoms with Gasteiger partial charge in [0.15, 0.2) is 0 Å². The summed E-state index contributed by atoms with van der Waals surface area (Å²) in [6.45, 7) is 2.97. The lowest BCUT2D eigenvalue weighted by atomic mass is 9.92. The third kappa shape index (κ3) is 3.26. The van der Waals surface area contributed by atoms with E-state index in [4.69, 9.17) is 0 Å². The summed E-state index contributed by atoms with van der Waals surface area (Å²) in [7, 11) is 0. The van der Waals surface area contributed by atoms with Crippen LogP contribution in [0.2, 0.25) is 0 Å². The van der Waals surface area contributed by atoms with Gasteiger partial charge in [0.1, 0.15) is 5.69 Å². The number of fused-ring (bicyclic) bond motifs is 1. The first-order chi connectivity index (χ1) is 10.8. The molecule has 0 aromatic carbocycles. The van der Waals surface area contributed by atoms with Crippen LogP contribution in [0.15, 0.2) is 12.3 Å². The lowest BCUT2D eigenvalue weighted by Crippen LogP contribution is -2.46. The number of aromatic nitrogens is 2. The van der Waals surface area contributed by atoms with Crippen molar-refractivity contribution in [3.05, 3.63) is 18.0 Å². The minimum absolute atomic E-state index is 0. The van der Waals surface area contributed by atoms with Gasteiger partial charge in [0.2, 0.25) is 0 Å². The molecule has 3 fully saturated rings. The van der Waals surface area contributed by atoms with Crippen LogP contribution in [0.25, 0.3) is 0 Å². The van der Waals surface area contributed by atoms with Crippen molar-refractivity contribution in [3.63, 3.8) is 0 Å². The van der Waals surface area contributed by atoms with Gasteiger partial charge in [-0.2, -0.15) is 5.10 Å². The Morgan fingerprint density at radius 2 is 2.04 bits per heavy atom. The molecule has 3 atom stereocenters. The molecule has 0 spiro atoms. The van der Waals surface area contributed by atoms with Gasteiger partial charge < -0.3 is 10.2 Å². The van der Waals surface area contributed by atoms with Crippen LogP contribution in [0.3, 0.4) is 0 Å². The number of rotatable bonds is 2. The summed E-state index contributed by atoms with van der Waals surface area (Å²) in [6.07, 6.45) is 10.5. The van der Waals surface area contributed by atoms with Crippen LogP contribution in [0, 0.1) is 5.92 Å². The van der Waals surface area contributed by atoms with E-state index in [1.807, 2.05) is 16.9 Å². The summed E-state index contributed by atoms with van der Waals surface area (Å²) >= 11 is 0. The summed E-state index contributed by atoms with van der Waals surface area (Å²) in [6, 6.07) is 2.79. The highest BCUT2D eigenvalue weighted by Crippen LogP contribution is 2.37. The summed E-state index contributed by atoms with van der Waals surface area (Å²) in [4.78, 5) is 15.0. The van der Waals surface area contributed by atoms with Crippen LogP contribution >= 0.6 is 12.4 Å². The Balaban J connectivity index is 0.00000156. The molecule has 128 valence electrons. The lowest BCUT2D eigenvalue weighted by molar-refractivity contribution is 0.0541. The molecule has 2 aliphatic heterocycles. The molecule has 0 radical (unpaired) electrons. The summed E-state index contributed by atoms with van der Waals surface area (Å²) in [5.74, 6) is 0.890. The molecule has 1 N–H and O–H groups in total. The maximum absolute atomic E-state index is 12.9. The molecule has 1 aromatic heterocycles. The minimum atomic E-state index is 0. The van der Waals surface area contributed by atoms with Gasteiger partial charge in [-0.1, -0.05) is 6.42 Å². The smallest absolute Gasteiger partial charge is 0.274 e. The van der Waals surface area contributed by atoms with E-state index < -0.39 is 0 Å². The van der Waals surface area contributed by atoms with Gasteiger partial charge in [-0.25, -0.2) is 0 Å². The molecule has 1 aliphatic carbocycles. The summed E-state index contributed by atoms with van der Waals surface area (Å²) in [5, 5.41) is 8.02. The largest absolute Gasteiger partial charge is 0.334 e. The predicted molar refractivity (Wildman–Crippen MR) is 92.0 cm³/mol. The van der Waals surface area contributed by atoms with Crippen LogP contribution < -0.4 is 5.32 Å². The number of carbonyl (C=O) groups is 1. The Labute approximate surface area is 144 Å². The number of likely N-dealkylation sites (tertiary alicyclic amines) is 1. The molecule has 1 aromatic rings. The topological polar surface area (TPSA) is 50.2 Å². The monoisotopic (exact) mass is 338 g/mol. The van der Waals surface area contributed by atoms with E-state index in [-0.39, 0.29) is 18.3 Å². The molecule has 5 nitrogen and oxygen atoms in total. The number of nitrogens with zero attached hydrogens (tertiary/aromatic N) is 3. The number of amides is 1. The van der Waals surface area contributed by atoms with Crippen LogP contribution in [-0.4, -0.2) is 46.3 Å². The van der Waals surface area contributed by atoms with Gasteiger partial charge >= 0.3 is 0 Å². The van der Waals surface area contributed by atoms with Crippen molar-refractivity contribution in [3.8, 4) is 0 Å². The van der Waals surface area contributed by atoms with Crippen LogP contribution in [0.5, 0.6) is 0 Å². The molecule has 4 rings (SSSR count). The molecule has 3 heterocycles. The molecule has 3 unspecified atom stereocenters. The van der Waals surface area contributed by atoms with Gasteiger partial charge in [0, 0.05) is 25.3 Å². The fourth-order valence-electron chi connectivity index (χ4n) is 4.57. The first-order valence-electron chi connectivity index (χ1n) is 8.90. The zero-order valence-corrected chi connectivity index (χ0v) is 14.4. The Hall–Kier alpha value is -1.07. The normalized spacial score (nSPS) is 30.6. The standard InChI is InChI=1S/C17H26N4O.ClH/c22-17(20-10-3-5-13-4-1-7-16(13)20)15-8-11-21(19-15)14-6-2-9-18-12-14;/h8,11,13-14,16,18H,1-7,9-10,12H2;1H. The van der Waals surface area contributed by atoms with Crippen molar-refractivity contribution >= 4 is 18.3 Å². The summed E-state index contributed by atoms with van der Waals surface area (Å²) < 4.78 is 2.00. The number of hydrogen-bond acceptors (Lipinski definition) is 3. The fraction of sp³-hybridized carbons (Fsp3) is 0.765. The number of hydrogen-bond donors (Lipinski definition) is 1. The van der Waals surface area contributed by atoms with Crippen LogP contribution in [-0.2, 0) is 0 Å². The highest BCUT2D eigenvalue weighted by atomic mass is 35.5. The Bertz CT molecular complexity index is 540. The minimum Gasteiger partial charge on any atom is -0.334 e. The second-order valence-corrected chi connectivity index (χ2v) is 7.08. The quantitative estimate of drug-likeness (QED) is 0.901. The fourth-order valence-corrected chi connectivity index (χ4v) is 4.57. The van der Waals surface area contributed by atoms with Gasteiger partial charge in [-0.3, -0.25) is 9.48 Å². The molecule has 3 aliphatic rings. The van der Waals surface area contributed by atoms with Gasteiger partial charge in [-0.05, 0) is 57.1 Å². The van der Waals surface area contributed by atoms with E-state index in [1.165, 1.54) is 32.1 Å². The number of piperidine rings is 2. The maximum atomic E-state index is 12.9. The van der Waals surface area contributed by atoms with Crippen molar-refractivity contribution in [2.75, 3.05) is 19.6 Å².